The molecule has 0 aromatic carbocycles. The number of carbonyl (C=O) groups is 1. The predicted molar refractivity (Wildman–Crippen MR) is 67.2 cm³/mol. The highest BCUT2D eigenvalue weighted by Crippen LogP contribution is 2.21. The van der Waals surface area contributed by atoms with Crippen molar-refractivity contribution < 1.29 is 9.53 Å². The second-order valence-corrected chi connectivity index (χ2v) is 5.06. The SMILES string of the molecule is CCOC(=O)CCNCCc1ccc(Cl)s1. The number of halogens is 1. The number of carbonyl (C=O) groups excluding carboxylic acids is 1. The molecule has 0 saturated carbocycles. The third-order valence-corrected chi connectivity index (χ3v) is 3.28. The molecule has 1 aromatic rings. The Morgan fingerprint density at radius 2 is 2.31 bits per heavy atom. The molecule has 1 aromatic heterocycles. The van der Waals surface area contributed by atoms with Crippen LogP contribution in [0.4, 0.5) is 0 Å². The highest BCUT2D eigenvalue weighted by molar-refractivity contribution is 7.16. The highest BCUT2D eigenvalue weighted by atomic mass is 35.5. The fraction of sp³-hybridized carbons (Fsp3) is 0.545. The molecule has 1 heterocycles. The summed E-state index contributed by atoms with van der Waals surface area (Å²) in [5.41, 5.74) is 0. The van der Waals surface area contributed by atoms with Crippen LogP contribution in [0.3, 0.4) is 0 Å². The number of thiophene rings is 1. The third-order valence-electron chi connectivity index (χ3n) is 1.99. The summed E-state index contributed by atoms with van der Waals surface area (Å²) in [6.07, 6.45) is 1.37. The molecule has 0 radical (unpaired) electrons. The van der Waals surface area contributed by atoms with E-state index in [2.05, 4.69) is 5.32 Å². The minimum absolute atomic E-state index is 0.144. The van der Waals surface area contributed by atoms with Crippen molar-refractivity contribution in [3.63, 3.8) is 0 Å². The van der Waals surface area contributed by atoms with Gasteiger partial charge in [0.1, 0.15) is 0 Å². The van der Waals surface area contributed by atoms with E-state index in [1.807, 2.05) is 19.1 Å². The monoisotopic (exact) mass is 261 g/mol. The van der Waals surface area contributed by atoms with Gasteiger partial charge in [-0.1, -0.05) is 11.6 Å². The minimum Gasteiger partial charge on any atom is -0.466 e. The van der Waals surface area contributed by atoms with E-state index in [1.54, 1.807) is 11.3 Å². The van der Waals surface area contributed by atoms with Crippen LogP contribution in [0.1, 0.15) is 18.2 Å². The van der Waals surface area contributed by atoms with Crippen molar-refractivity contribution in [2.75, 3.05) is 19.7 Å². The van der Waals surface area contributed by atoms with E-state index >= 15 is 0 Å². The van der Waals surface area contributed by atoms with E-state index in [0.29, 0.717) is 19.6 Å². The Hall–Kier alpha value is -0.580. The van der Waals surface area contributed by atoms with Gasteiger partial charge < -0.3 is 10.1 Å². The van der Waals surface area contributed by atoms with Crippen LogP contribution in [-0.4, -0.2) is 25.7 Å². The maximum atomic E-state index is 11.0. The average Bonchev–Trinajstić information content (AvgIpc) is 2.64. The summed E-state index contributed by atoms with van der Waals surface area (Å²) >= 11 is 7.41. The Kier molecular flexibility index (Phi) is 6.45. The van der Waals surface area contributed by atoms with Crippen LogP contribution in [0, 0.1) is 0 Å². The standard InChI is InChI=1S/C11H16ClNO2S/c1-2-15-11(14)6-8-13-7-5-9-3-4-10(12)16-9/h3-4,13H,2,5-8H2,1H3. The van der Waals surface area contributed by atoms with Gasteiger partial charge >= 0.3 is 5.97 Å². The van der Waals surface area contributed by atoms with Gasteiger partial charge in [-0.05, 0) is 32.0 Å². The van der Waals surface area contributed by atoms with Gasteiger partial charge in [-0.25, -0.2) is 0 Å². The molecule has 1 rings (SSSR count). The summed E-state index contributed by atoms with van der Waals surface area (Å²) in [6, 6.07) is 3.93. The molecule has 0 spiro atoms. The smallest absolute Gasteiger partial charge is 0.307 e. The van der Waals surface area contributed by atoms with Crippen molar-refractivity contribution in [1.29, 1.82) is 0 Å². The van der Waals surface area contributed by atoms with E-state index in [4.69, 9.17) is 16.3 Å². The summed E-state index contributed by atoms with van der Waals surface area (Å²) < 4.78 is 5.64. The van der Waals surface area contributed by atoms with E-state index in [0.717, 1.165) is 17.3 Å². The summed E-state index contributed by atoms with van der Waals surface area (Å²) in [5.74, 6) is -0.144. The molecule has 0 saturated heterocycles. The largest absolute Gasteiger partial charge is 0.466 e. The number of hydrogen-bond donors (Lipinski definition) is 1. The van der Waals surface area contributed by atoms with Crippen LogP contribution in [-0.2, 0) is 16.0 Å². The van der Waals surface area contributed by atoms with Crippen LogP contribution in [0.5, 0.6) is 0 Å². The first-order valence-corrected chi connectivity index (χ1v) is 6.52. The molecule has 90 valence electrons. The van der Waals surface area contributed by atoms with Crippen LogP contribution in [0.15, 0.2) is 12.1 Å². The fourth-order valence-electron chi connectivity index (χ4n) is 1.25. The van der Waals surface area contributed by atoms with Gasteiger partial charge in [-0.3, -0.25) is 4.79 Å². The zero-order chi connectivity index (χ0) is 11.8. The number of rotatable bonds is 7. The molecule has 0 aliphatic carbocycles. The van der Waals surface area contributed by atoms with Gasteiger partial charge in [0.2, 0.25) is 0 Å². The zero-order valence-corrected chi connectivity index (χ0v) is 10.9. The van der Waals surface area contributed by atoms with E-state index in [1.165, 1.54) is 4.88 Å². The lowest BCUT2D eigenvalue weighted by atomic mass is 10.3. The van der Waals surface area contributed by atoms with Crippen molar-refractivity contribution in [2.45, 2.75) is 19.8 Å². The first-order chi connectivity index (χ1) is 7.72. The summed E-state index contributed by atoms with van der Waals surface area (Å²) in [6.45, 7) is 3.78. The highest BCUT2D eigenvalue weighted by Gasteiger charge is 2.01. The Labute approximate surface area is 105 Å². The van der Waals surface area contributed by atoms with Crippen LogP contribution in [0.2, 0.25) is 4.34 Å². The first kappa shape index (κ1) is 13.5. The maximum absolute atomic E-state index is 11.0. The quantitative estimate of drug-likeness (QED) is 0.605. The molecule has 0 fully saturated rings. The van der Waals surface area contributed by atoms with Gasteiger partial charge in [-0.15, -0.1) is 11.3 Å². The van der Waals surface area contributed by atoms with Gasteiger partial charge in [-0.2, -0.15) is 0 Å². The van der Waals surface area contributed by atoms with Crippen molar-refractivity contribution >= 4 is 28.9 Å². The van der Waals surface area contributed by atoms with Gasteiger partial charge in [0.15, 0.2) is 0 Å². The molecule has 0 atom stereocenters. The number of nitrogens with one attached hydrogen (secondary N) is 1. The Morgan fingerprint density at radius 1 is 1.50 bits per heavy atom. The van der Waals surface area contributed by atoms with Gasteiger partial charge in [0, 0.05) is 11.4 Å². The molecule has 0 amide bonds. The first-order valence-electron chi connectivity index (χ1n) is 5.33. The molecule has 0 unspecified atom stereocenters. The summed E-state index contributed by atoms with van der Waals surface area (Å²) in [7, 11) is 0. The fourth-order valence-corrected chi connectivity index (χ4v) is 2.33. The van der Waals surface area contributed by atoms with Crippen molar-refractivity contribution in [2.24, 2.45) is 0 Å². The van der Waals surface area contributed by atoms with Crippen molar-refractivity contribution in [3.05, 3.63) is 21.3 Å². The zero-order valence-electron chi connectivity index (χ0n) is 9.29. The minimum atomic E-state index is -0.144. The number of hydrogen-bond acceptors (Lipinski definition) is 4. The molecule has 0 aliphatic heterocycles. The van der Waals surface area contributed by atoms with Gasteiger partial charge in [0.05, 0.1) is 17.4 Å². The molecular formula is C11H16ClNO2S. The molecule has 5 heteroatoms. The Morgan fingerprint density at radius 3 is 2.94 bits per heavy atom. The maximum Gasteiger partial charge on any atom is 0.307 e. The summed E-state index contributed by atoms with van der Waals surface area (Å²) in [5, 5.41) is 3.20. The normalized spacial score (nSPS) is 10.4. The van der Waals surface area contributed by atoms with E-state index in [9.17, 15) is 4.79 Å². The topological polar surface area (TPSA) is 38.3 Å². The predicted octanol–water partition coefficient (Wildman–Crippen LogP) is 2.49. The molecule has 16 heavy (non-hydrogen) atoms. The molecule has 0 aliphatic rings. The van der Waals surface area contributed by atoms with Crippen molar-refractivity contribution in [3.8, 4) is 0 Å². The molecular weight excluding hydrogens is 246 g/mol. The lowest BCUT2D eigenvalue weighted by Gasteiger charge is -2.03. The molecule has 1 N–H and O–H groups in total. The summed E-state index contributed by atoms with van der Waals surface area (Å²) in [4.78, 5) is 12.3. The van der Waals surface area contributed by atoms with Crippen LogP contribution < -0.4 is 5.32 Å². The molecule has 0 bridgehead atoms. The third kappa shape index (κ3) is 5.49. The van der Waals surface area contributed by atoms with Crippen LogP contribution in [0.25, 0.3) is 0 Å². The van der Waals surface area contributed by atoms with Gasteiger partial charge in [0.25, 0.3) is 0 Å². The van der Waals surface area contributed by atoms with Crippen molar-refractivity contribution in [1.82, 2.24) is 5.32 Å². The van der Waals surface area contributed by atoms with E-state index in [-0.39, 0.29) is 5.97 Å². The second-order valence-electron chi connectivity index (χ2n) is 3.26. The number of ether oxygens (including phenoxy) is 1. The molecule has 3 nitrogen and oxygen atoms in total. The average molecular weight is 262 g/mol. The lowest BCUT2D eigenvalue weighted by Crippen LogP contribution is -2.21. The second kappa shape index (κ2) is 7.65. The van der Waals surface area contributed by atoms with Crippen LogP contribution >= 0.6 is 22.9 Å². The Bertz CT molecular complexity index is 328. The van der Waals surface area contributed by atoms with E-state index < -0.39 is 0 Å². The Balaban J connectivity index is 2.02. The lowest BCUT2D eigenvalue weighted by molar-refractivity contribution is -0.142. The number of esters is 1.